The molecule has 6 nitrogen and oxygen atoms in total. The van der Waals surface area contributed by atoms with Crippen molar-refractivity contribution >= 4 is 40.0 Å². The van der Waals surface area contributed by atoms with Gasteiger partial charge < -0.3 is 9.52 Å². The van der Waals surface area contributed by atoms with Gasteiger partial charge in [0.25, 0.3) is 11.1 Å². The summed E-state index contributed by atoms with van der Waals surface area (Å²) in [6.07, 6.45) is 4.96. The van der Waals surface area contributed by atoms with Crippen molar-refractivity contribution in [2.45, 2.75) is 13.5 Å². The van der Waals surface area contributed by atoms with Crippen LogP contribution in [0.15, 0.2) is 46.0 Å². The van der Waals surface area contributed by atoms with E-state index in [1.165, 1.54) is 0 Å². The quantitative estimate of drug-likeness (QED) is 0.688. The Morgan fingerprint density at radius 1 is 1.27 bits per heavy atom. The highest BCUT2D eigenvalue weighted by Crippen LogP contribution is 2.33. The maximum Gasteiger partial charge on any atom is 0.290 e. The number of fused-ring (bicyclic) bond motifs is 1. The second kappa shape index (κ2) is 6.44. The number of nitrogens with zero attached hydrogens (tertiary/aromatic N) is 1. The van der Waals surface area contributed by atoms with Crippen molar-refractivity contribution in [1.29, 1.82) is 0 Å². The number of hydrogen-bond acceptors (Lipinski definition) is 6. The molecule has 2 amide bonds. The second-order valence-electron chi connectivity index (χ2n) is 5.91. The molecule has 2 aromatic heterocycles. The van der Waals surface area contributed by atoms with E-state index in [1.54, 1.807) is 24.5 Å². The fourth-order valence-electron chi connectivity index (χ4n) is 2.85. The molecule has 3 heterocycles. The molecule has 1 fully saturated rings. The first-order valence-corrected chi connectivity index (χ1v) is 8.70. The van der Waals surface area contributed by atoms with E-state index < -0.39 is 5.91 Å². The normalized spacial score (nSPS) is 15.8. The lowest BCUT2D eigenvalue weighted by Crippen LogP contribution is -2.17. The number of carbonyl (C=O) groups excluding carboxylic acids is 2. The predicted molar refractivity (Wildman–Crippen MR) is 99.2 cm³/mol. The van der Waals surface area contributed by atoms with Crippen LogP contribution in [0.3, 0.4) is 0 Å². The van der Waals surface area contributed by atoms with Crippen LogP contribution in [0, 0.1) is 6.92 Å². The lowest BCUT2D eigenvalue weighted by atomic mass is 10.0. The van der Waals surface area contributed by atoms with Gasteiger partial charge in [-0.2, -0.15) is 0 Å². The second-order valence-corrected chi connectivity index (χ2v) is 6.92. The molecule has 0 saturated carbocycles. The van der Waals surface area contributed by atoms with Gasteiger partial charge in [0.1, 0.15) is 11.3 Å². The molecule has 1 aliphatic rings. The topological polar surface area (TPSA) is 92.4 Å². The Labute approximate surface area is 152 Å². The number of carbonyl (C=O) groups is 2. The summed E-state index contributed by atoms with van der Waals surface area (Å²) in [5.74, 6) is 0.0549. The Kier molecular flexibility index (Phi) is 4.10. The van der Waals surface area contributed by atoms with Crippen molar-refractivity contribution in [2.24, 2.45) is 0 Å². The summed E-state index contributed by atoms with van der Waals surface area (Å²) in [4.78, 5) is 27.5. The van der Waals surface area contributed by atoms with Gasteiger partial charge in [-0.15, -0.1) is 0 Å². The van der Waals surface area contributed by atoms with Crippen molar-refractivity contribution in [2.75, 3.05) is 0 Å². The van der Waals surface area contributed by atoms with Crippen LogP contribution in [0.1, 0.15) is 16.9 Å². The van der Waals surface area contributed by atoms with Gasteiger partial charge in [0.15, 0.2) is 0 Å². The number of aryl methyl sites for hydroxylation is 1. The molecule has 4 rings (SSSR count). The number of benzene rings is 1. The first-order chi connectivity index (χ1) is 12.5. The monoisotopic (exact) mass is 366 g/mol. The molecule has 0 aliphatic carbocycles. The highest BCUT2D eigenvalue weighted by atomic mass is 32.2. The Hall–Kier alpha value is -2.90. The van der Waals surface area contributed by atoms with Crippen LogP contribution < -0.4 is 5.32 Å². The maximum atomic E-state index is 11.7. The van der Waals surface area contributed by atoms with Crippen molar-refractivity contribution < 1.29 is 19.1 Å². The molecule has 1 aliphatic heterocycles. The van der Waals surface area contributed by atoms with Crippen molar-refractivity contribution in [3.8, 4) is 11.1 Å². The van der Waals surface area contributed by atoms with Crippen molar-refractivity contribution in [3.05, 3.63) is 58.5 Å². The Bertz CT molecular complexity index is 1080. The molecule has 2 N–H and O–H groups in total. The number of pyridine rings is 1. The SMILES string of the molecule is Cc1cc(-c2cncc3cc(C=C4SC(=O)NC4=O)oc23)ccc1CO. The third kappa shape index (κ3) is 2.91. The summed E-state index contributed by atoms with van der Waals surface area (Å²) >= 11 is 0.847. The van der Waals surface area contributed by atoms with Crippen LogP contribution in [0.5, 0.6) is 0 Å². The zero-order chi connectivity index (χ0) is 18.3. The molecule has 0 spiro atoms. The molecule has 7 heteroatoms. The highest BCUT2D eigenvalue weighted by molar-refractivity contribution is 8.18. The van der Waals surface area contributed by atoms with E-state index in [2.05, 4.69) is 10.3 Å². The van der Waals surface area contributed by atoms with Crippen LogP contribution in [-0.2, 0) is 11.4 Å². The van der Waals surface area contributed by atoms with E-state index in [0.29, 0.717) is 16.2 Å². The molecule has 130 valence electrons. The number of nitrogens with one attached hydrogen (secondary N) is 1. The van der Waals surface area contributed by atoms with Crippen LogP contribution >= 0.6 is 11.8 Å². The number of imide groups is 1. The maximum absolute atomic E-state index is 11.7. The number of aliphatic hydroxyl groups is 1. The summed E-state index contributed by atoms with van der Waals surface area (Å²) < 4.78 is 5.93. The fraction of sp³-hybridized carbons (Fsp3) is 0.105. The molecule has 1 aromatic carbocycles. The molecule has 26 heavy (non-hydrogen) atoms. The number of rotatable bonds is 3. The van der Waals surface area contributed by atoms with Gasteiger partial charge in [-0.05, 0) is 41.4 Å². The standard InChI is InChI=1S/C19H14N2O4S/c1-10-4-11(2-3-12(10)9-22)15-8-20-7-13-5-14(25-17(13)15)6-16-18(23)21-19(24)26-16/h2-8,22H,9H2,1H3,(H,21,23,24). The largest absolute Gasteiger partial charge is 0.456 e. The molecule has 0 radical (unpaired) electrons. The van der Waals surface area contributed by atoms with E-state index in [9.17, 15) is 14.7 Å². The number of hydrogen-bond donors (Lipinski definition) is 2. The number of aromatic nitrogens is 1. The Balaban J connectivity index is 1.79. The van der Waals surface area contributed by atoms with E-state index >= 15 is 0 Å². The van der Waals surface area contributed by atoms with Gasteiger partial charge in [0, 0.05) is 29.4 Å². The first-order valence-electron chi connectivity index (χ1n) is 7.88. The summed E-state index contributed by atoms with van der Waals surface area (Å²) in [5, 5.41) is 12.0. The summed E-state index contributed by atoms with van der Waals surface area (Å²) in [5.41, 5.74) is 4.24. The highest BCUT2D eigenvalue weighted by Gasteiger charge is 2.25. The van der Waals surface area contributed by atoms with Crippen molar-refractivity contribution in [1.82, 2.24) is 10.3 Å². The van der Waals surface area contributed by atoms with E-state index in [4.69, 9.17) is 4.42 Å². The third-order valence-electron chi connectivity index (χ3n) is 4.18. The molecule has 3 aromatic rings. The number of furan rings is 1. The Morgan fingerprint density at radius 3 is 2.81 bits per heavy atom. The molecular formula is C19H14N2O4S. The molecule has 0 unspecified atom stereocenters. The predicted octanol–water partition coefficient (Wildman–Crippen LogP) is 3.62. The van der Waals surface area contributed by atoms with Gasteiger partial charge in [-0.1, -0.05) is 18.2 Å². The summed E-state index contributed by atoms with van der Waals surface area (Å²) in [6.45, 7) is 1.93. The molecule has 1 saturated heterocycles. The molecule has 0 bridgehead atoms. The minimum Gasteiger partial charge on any atom is -0.456 e. The van der Waals surface area contributed by atoms with E-state index in [-0.39, 0.29) is 11.8 Å². The fourth-order valence-corrected chi connectivity index (χ4v) is 3.51. The van der Waals surface area contributed by atoms with Gasteiger partial charge in [0.05, 0.1) is 11.5 Å². The van der Waals surface area contributed by atoms with E-state index in [0.717, 1.165) is 39.4 Å². The number of amides is 2. The third-order valence-corrected chi connectivity index (χ3v) is 4.99. The van der Waals surface area contributed by atoms with Crippen LogP contribution in [0.4, 0.5) is 4.79 Å². The zero-order valence-electron chi connectivity index (χ0n) is 13.8. The smallest absolute Gasteiger partial charge is 0.290 e. The zero-order valence-corrected chi connectivity index (χ0v) is 14.6. The summed E-state index contributed by atoms with van der Waals surface area (Å²) in [6, 6.07) is 7.54. The summed E-state index contributed by atoms with van der Waals surface area (Å²) in [7, 11) is 0. The van der Waals surface area contributed by atoms with Gasteiger partial charge in [-0.25, -0.2) is 0 Å². The average molecular weight is 366 g/mol. The minimum absolute atomic E-state index is 0.00845. The van der Waals surface area contributed by atoms with Crippen LogP contribution in [0.2, 0.25) is 0 Å². The lowest BCUT2D eigenvalue weighted by molar-refractivity contribution is -0.115. The van der Waals surface area contributed by atoms with Gasteiger partial charge >= 0.3 is 0 Å². The average Bonchev–Trinajstić information content (AvgIpc) is 3.16. The number of aliphatic hydroxyl groups excluding tert-OH is 1. The number of thioether (sulfide) groups is 1. The van der Waals surface area contributed by atoms with Gasteiger partial charge in [-0.3, -0.25) is 19.9 Å². The Morgan fingerprint density at radius 2 is 2.12 bits per heavy atom. The van der Waals surface area contributed by atoms with Crippen LogP contribution in [-0.4, -0.2) is 21.2 Å². The molecular weight excluding hydrogens is 352 g/mol. The van der Waals surface area contributed by atoms with Gasteiger partial charge in [0.2, 0.25) is 0 Å². The minimum atomic E-state index is -0.422. The van der Waals surface area contributed by atoms with Crippen molar-refractivity contribution in [3.63, 3.8) is 0 Å². The van der Waals surface area contributed by atoms with Crippen LogP contribution in [0.25, 0.3) is 28.2 Å². The van der Waals surface area contributed by atoms with E-state index in [1.807, 2.05) is 25.1 Å². The lowest BCUT2D eigenvalue weighted by Gasteiger charge is -2.07. The first kappa shape index (κ1) is 16.6. The molecule has 0 atom stereocenters.